The summed E-state index contributed by atoms with van der Waals surface area (Å²) in [5.41, 5.74) is 7.67. The van der Waals surface area contributed by atoms with Gasteiger partial charge in [0.2, 0.25) is 0 Å². The first-order valence-electron chi connectivity index (χ1n) is 9.21. The number of fused-ring (bicyclic) bond motifs is 3. The van der Waals surface area contributed by atoms with Gasteiger partial charge in [0.25, 0.3) is 0 Å². The Morgan fingerprint density at radius 1 is 0.857 bits per heavy atom. The molecule has 1 atom stereocenters. The van der Waals surface area contributed by atoms with Crippen molar-refractivity contribution in [1.29, 1.82) is 0 Å². The Morgan fingerprint density at radius 2 is 1.54 bits per heavy atom. The van der Waals surface area contributed by atoms with Crippen LogP contribution in [0.2, 0.25) is 0 Å². The lowest BCUT2D eigenvalue weighted by Gasteiger charge is -2.31. The van der Waals surface area contributed by atoms with Gasteiger partial charge in [0, 0.05) is 22.9 Å². The van der Waals surface area contributed by atoms with Gasteiger partial charge in [-0.1, -0.05) is 11.6 Å². The number of aryl methyl sites for hydroxylation is 3. The van der Waals surface area contributed by atoms with Crippen LogP contribution in [0.3, 0.4) is 0 Å². The van der Waals surface area contributed by atoms with Crippen LogP contribution >= 0.6 is 0 Å². The summed E-state index contributed by atoms with van der Waals surface area (Å²) in [5.74, 6) is 1.99. The summed E-state index contributed by atoms with van der Waals surface area (Å²) in [7, 11) is 4.91. The van der Waals surface area contributed by atoms with Crippen LogP contribution in [0.25, 0.3) is 11.3 Å². The van der Waals surface area contributed by atoms with Crippen molar-refractivity contribution < 1.29 is 14.2 Å². The third-order valence-electron chi connectivity index (χ3n) is 5.17. The highest BCUT2D eigenvalue weighted by Gasteiger charge is 2.30. The van der Waals surface area contributed by atoms with Crippen LogP contribution in [0, 0.1) is 20.8 Å². The van der Waals surface area contributed by atoms with E-state index in [1.165, 1.54) is 11.1 Å². The molecule has 6 heteroatoms. The molecule has 0 aliphatic carbocycles. The Morgan fingerprint density at radius 3 is 2.21 bits per heavy atom. The predicted octanol–water partition coefficient (Wildman–Crippen LogP) is 4.47. The average Bonchev–Trinajstić information content (AvgIpc) is 3.08. The van der Waals surface area contributed by atoms with E-state index in [1.54, 1.807) is 21.3 Å². The molecule has 3 aromatic rings. The summed E-state index contributed by atoms with van der Waals surface area (Å²) in [6.45, 7) is 6.25. The molecular weight excluding hydrogens is 354 g/mol. The quantitative estimate of drug-likeness (QED) is 0.725. The van der Waals surface area contributed by atoms with Gasteiger partial charge >= 0.3 is 0 Å². The van der Waals surface area contributed by atoms with Gasteiger partial charge in [-0.15, -0.1) is 0 Å². The number of aromatic nitrogens is 2. The fourth-order valence-corrected chi connectivity index (χ4v) is 3.95. The van der Waals surface area contributed by atoms with E-state index in [-0.39, 0.29) is 6.17 Å². The predicted molar refractivity (Wildman–Crippen MR) is 110 cm³/mol. The number of rotatable bonds is 4. The molecule has 0 radical (unpaired) electrons. The van der Waals surface area contributed by atoms with Crippen LogP contribution in [0.1, 0.15) is 28.6 Å². The monoisotopic (exact) mass is 379 g/mol. The zero-order valence-corrected chi connectivity index (χ0v) is 17.1. The highest BCUT2D eigenvalue weighted by molar-refractivity contribution is 5.82. The molecule has 0 bridgehead atoms. The number of anilines is 1. The SMILES string of the molecule is COc1cc(OC)c([C@@H]2Nc3c(C)cc(C)cc3-c3cc(C)nn32)cc1OC. The lowest BCUT2D eigenvalue weighted by Crippen LogP contribution is -2.27. The first-order chi connectivity index (χ1) is 13.5. The number of methoxy groups -OCH3 is 3. The van der Waals surface area contributed by atoms with E-state index in [0.29, 0.717) is 17.2 Å². The van der Waals surface area contributed by atoms with Crippen LogP contribution in [0.4, 0.5) is 5.69 Å². The maximum absolute atomic E-state index is 5.68. The topological polar surface area (TPSA) is 57.5 Å². The molecule has 4 rings (SSSR count). The smallest absolute Gasteiger partial charge is 0.164 e. The lowest BCUT2D eigenvalue weighted by atomic mass is 9.97. The molecule has 2 aromatic carbocycles. The molecule has 146 valence electrons. The summed E-state index contributed by atoms with van der Waals surface area (Å²) in [6, 6.07) is 10.3. The maximum atomic E-state index is 5.68. The van der Waals surface area contributed by atoms with Gasteiger partial charge in [-0.2, -0.15) is 5.10 Å². The number of benzene rings is 2. The highest BCUT2D eigenvalue weighted by Crippen LogP contribution is 2.45. The van der Waals surface area contributed by atoms with E-state index < -0.39 is 0 Å². The zero-order valence-electron chi connectivity index (χ0n) is 17.1. The summed E-state index contributed by atoms with van der Waals surface area (Å²) >= 11 is 0. The fraction of sp³-hybridized carbons (Fsp3) is 0.318. The van der Waals surface area contributed by atoms with Crippen molar-refractivity contribution in [3.8, 4) is 28.5 Å². The van der Waals surface area contributed by atoms with E-state index in [1.807, 2.05) is 23.7 Å². The Labute approximate surface area is 165 Å². The molecule has 1 aliphatic heterocycles. The molecule has 0 fully saturated rings. The number of ether oxygens (including phenoxy) is 3. The molecule has 0 saturated heterocycles. The van der Waals surface area contributed by atoms with E-state index in [0.717, 1.165) is 28.2 Å². The zero-order chi connectivity index (χ0) is 20.0. The molecule has 0 unspecified atom stereocenters. The minimum Gasteiger partial charge on any atom is -0.496 e. The largest absolute Gasteiger partial charge is 0.496 e. The Kier molecular flexibility index (Phi) is 4.41. The van der Waals surface area contributed by atoms with Gasteiger partial charge in [-0.05, 0) is 44.5 Å². The minimum absolute atomic E-state index is 0.229. The lowest BCUT2D eigenvalue weighted by molar-refractivity contribution is 0.345. The normalized spacial score (nSPS) is 14.7. The second-order valence-corrected chi connectivity index (χ2v) is 7.12. The number of nitrogens with one attached hydrogen (secondary N) is 1. The number of hydrogen-bond donors (Lipinski definition) is 1. The molecule has 0 amide bonds. The Hall–Kier alpha value is -3.15. The second-order valence-electron chi connectivity index (χ2n) is 7.12. The number of hydrogen-bond acceptors (Lipinski definition) is 5. The molecule has 6 nitrogen and oxygen atoms in total. The van der Waals surface area contributed by atoms with Crippen molar-refractivity contribution in [3.63, 3.8) is 0 Å². The van der Waals surface area contributed by atoms with E-state index in [4.69, 9.17) is 19.3 Å². The fourth-order valence-electron chi connectivity index (χ4n) is 3.95. The standard InChI is InChI=1S/C22H25N3O3/c1-12-7-13(2)21-15(8-12)17-9-14(3)24-25(17)22(23-21)16-10-19(27-5)20(28-6)11-18(16)26-4/h7-11,22-23H,1-6H3/t22-/m1/s1. The van der Waals surface area contributed by atoms with Crippen molar-refractivity contribution in [2.75, 3.05) is 26.6 Å². The van der Waals surface area contributed by atoms with Crippen LogP contribution in [-0.4, -0.2) is 31.1 Å². The molecule has 0 spiro atoms. The molecule has 1 N–H and O–H groups in total. The third-order valence-corrected chi connectivity index (χ3v) is 5.17. The van der Waals surface area contributed by atoms with Crippen LogP contribution in [0.15, 0.2) is 30.3 Å². The molecule has 2 heterocycles. The first-order valence-corrected chi connectivity index (χ1v) is 9.21. The van der Waals surface area contributed by atoms with Gasteiger partial charge in [0.1, 0.15) is 5.75 Å². The summed E-state index contributed by atoms with van der Waals surface area (Å²) in [5, 5.41) is 8.43. The molecular formula is C22H25N3O3. The van der Waals surface area contributed by atoms with E-state index in [9.17, 15) is 0 Å². The van der Waals surface area contributed by atoms with Crippen molar-refractivity contribution in [2.45, 2.75) is 26.9 Å². The highest BCUT2D eigenvalue weighted by atomic mass is 16.5. The van der Waals surface area contributed by atoms with E-state index in [2.05, 4.69) is 37.4 Å². The maximum Gasteiger partial charge on any atom is 0.164 e. The molecule has 28 heavy (non-hydrogen) atoms. The van der Waals surface area contributed by atoms with Crippen LogP contribution < -0.4 is 19.5 Å². The van der Waals surface area contributed by atoms with Gasteiger partial charge < -0.3 is 19.5 Å². The van der Waals surface area contributed by atoms with Crippen molar-refractivity contribution in [1.82, 2.24) is 9.78 Å². The van der Waals surface area contributed by atoms with Crippen LogP contribution in [0.5, 0.6) is 17.2 Å². The van der Waals surface area contributed by atoms with Gasteiger partial charge in [-0.25, -0.2) is 4.68 Å². The molecule has 1 aromatic heterocycles. The minimum atomic E-state index is -0.229. The second kappa shape index (κ2) is 6.78. The number of nitrogens with zero attached hydrogens (tertiary/aromatic N) is 2. The summed E-state index contributed by atoms with van der Waals surface area (Å²) in [6.07, 6.45) is -0.229. The summed E-state index contributed by atoms with van der Waals surface area (Å²) < 4.78 is 18.7. The molecule has 0 saturated carbocycles. The Balaban J connectivity index is 1.95. The first kappa shape index (κ1) is 18.2. The van der Waals surface area contributed by atoms with Crippen LogP contribution in [-0.2, 0) is 0 Å². The van der Waals surface area contributed by atoms with Gasteiger partial charge in [0.05, 0.1) is 32.7 Å². The van der Waals surface area contributed by atoms with Crippen molar-refractivity contribution in [2.24, 2.45) is 0 Å². The molecule has 1 aliphatic rings. The summed E-state index contributed by atoms with van der Waals surface area (Å²) in [4.78, 5) is 0. The average molecular weight is 379 g/mol. The van der Waals surface area contributed by atoms with E-state index >= 15 is 0 Å². The van der Waals surface area contributed by atoms with Gasteiger partial charge in [0.15, 0.2) is 17.7 Å². The Bertz CT molecular complexity index is 1060. The van der Waals surface area contributed by atoms with Gasteiger partial charge in [-0.3, -0.25) is 0 Å². The third kappa shape index (κ3) is 2.76. The van der Waals surface area contributed by atoms with Crippen molar-refractivity contribution >= 4 is 5.69 Å². The van der Waals surface area contributed by atoms with Crippen molar-refractivity contribution in [3.05, 3.63) is 52.7 Å².